The standard InChI is InChI=1S/C22H24Cl2FN3/c1-15(2)13-28(14-16-4-3-5-20(25)10-16)21(22-26-6-7-27-22)11-17-8-18(23)12-19(24)9-17/h3-10,12,15,21H,11,13-14H2,1-2H3,(H,26,27). The molecule has 1 atom stereocenters. The highest BCUT2D eigenvalue weighted by molar-refractivity contribution is 6.34. The van der Waals surface area contributed by atoms with Crippen LogP contribution in [0.5, 0.6) is 0 Å². The second-order valence-corrected chi connectivity index (χ2v) is 8.30. The molecule has 0 aliphatic carbocycles. The van der Waals surface area contributed by atoms with Crippen LogP contribution in [0, 0.1) is 11.7 Å². The molecule has 28 heavy (non-hydrogen) atoms. The molecule has 0 saturated heterocycles. The summed E-state index contributed by atoms with van der Waals surface area (Å²) >= 11 is 12.4. The van der Waals surface area contributed by atoms with Gasteiger partial charge in [0.2, 0.25) is 0 Å². The molecule has 0 amide bonds. The molecule has 0 radical (unpaired) electrons. The Morgan fingerprint density at radius 1 is 1.07 bits per heavy atom. The maximum absolute atomic E-state index is 13.7. The molecule has 0 saturated carbocycles. The molecule has 1 unspecified atom stereocenters. The van der Waals surface area contributed by atoms with Crippen molar-refractivity contribution >= 4 is 23.2 Å². The first kappa shape index (κ1) is 20.8. The highest BCUT2D eigenvalue weighted by Gasteiger charge is 2.24. The third-order valence-corrected chi connectivity index (χ3v) is 4.94. The van der Waals surface area contributed by atoms with E-state index >= 15 is 0 Å². The fourth-order valence-electron chi connectivity index (χ4n) is 3.45. The quantitative estimate of drug-likeness (QED) is 0.464. The van der Waals surface area contributed by atoms with Crippen LogP contribution in [0.1, 0.15) is 36.8 Å². The summed E-state index contributed by atoms with van der Waals surface area (Å²) in [4.78, 5) is 10.1. The van der Waals surface area contributed by atoms with Gasteiger partial charge in [0.1, 0.15) is 11.6 Å². The van der Waals surface area contributed by atoms with Gasteiger partial charge in [0, 0.05) is 35.5 Å². The SMILES string of the molecule is CC(C)CN(Cc1cccc(F)c1)C(Cc1cc(Cl)cc(Cl)c1)c1ncc[nH]1. The number of hydrogen-bond acceptors (Lipinski definition) is 2. The van der Waals surface area contributed by atoms with Crippen LogP contribution in [0.4, 0.5) is 4.39 Å². The Morgan fingerprint density at radius 3 is 2.43 bits per heavy atom. The van der Waals surface area contributed by atoms with Gasteiger partial charge in [-0.3, -0.25) is 4.90 Å². The summed E-state index contributed by atoms with van der Waals surface area (Å²) in [5, 5.41) is 1.22. The van der Waals surface area contributed by atoms with Gasteiger partial charge in [0.25, 0.3) is 0 Å². The van der Waals surface area contributed by atoms with Crippen molar-refractivity contribution in [3.8, 4) is 0 Å². The fourth-order valence-corrected chi connectivity index (χ4v) is 4.02. The Balaban J connectivity index is 1.94. The van der Waals surface area contributed by atoms with Crippen molar-refractivity contribution in [2.45, 2.75) is 32.9 Å². The fraction of sp³-hybridized carbons (Fsp3) is 0.318. The van der Waals surface area contributed by atoms with Crippen molar-refractivity contribution in [1.82, 2.24) is 14.9 Å². The Hall–Kier alpha value is -1.88. The normalized spacial score (nSPS) is 12.7. The molecule has 0 aliphatic heterocycles. The lowest BCUT2D eigenvalue weighted by Crippen LogP contribution is -2.33. The predicted molar refractivity (Wildman–Crippen MR) is 113 cm³/mol. The number of halogens is 3. The van der Waals surface area contributed by atoms with E-state index in [1.165, 1.54) is 6.07 Å². The summed E-state index contributed by atoms with van der Waals surface area (Å²) in [6, 6.07) is 12.3. The van der Waals surface area contributed by atoms with E-state index in [-0.39, 0.29) is 11.9 Å². The first-order valence-electron chi connectivity index (χ1n) is 9.33. The summed E-state index contributed by atoms with van der Waals surface area (Å²) < 4.78 is 13.7. The lowest BCUT2D eigenvalue weighted by Gasteiger charge is -2.32. The lowest BCUT2D eigenvalue weighted by atomic mass is 10.0. The number of nitrogens with one attached hydrogen (secondary N) is 1. The first-order chi connectivity index (χ1) is 13.4. The zero-order chi connectivity index (χ0) is 20.1. The second kappa shape index (κ2) is 9.55. The van der Waals surface area contributed by atoms with E-state index < -0.39 is 0 Å². The van der Waals surface area contributed by atoms with Crippen molar-refractivity contribution < 1.29 is 4.39 Å². The summed E-state index contributed by atoms with van der Waals surface area (Å²) in [6.45, 7) is 5.81. The van der Waals surface area contributed by atoms with E-state index in [9.17, 15) is 4.39 Å². The molecule has 148 valence electrons. The van der Waals surface area contributed by atoms with Crippen molar-refractivity contribution in [1.29, 1.82) is 0 Å². The van der Waals surface area contributed by atoms with E-state index in [4.69, 9.17) is 23.2 Å². The van der Waals surface area contributed by atoms with Gasteiger partial charge in [0.05, 0.1) is 6.04 Å². The third-order valence-electron chi connectivity index (χ3n) is 4.50. The van der Waals surface area contributed by atoms with E-state index in [2.05, 4.69) is 28.7 Å². The molecule has 0 fully saturated rings. The minimum atomic E-state index is -0.224. The van der Waals surface area contributed by atoms with Crippen molar-refractivity contribution in [2.24, 2.45) is 5.92 Å². The molecule has 1 heterocycles. The van der Waals surface area contributed by atoms with E-state index in [0.29, 0.717) is 28.9 Å². The molecule has 0 spiro atoms. The summed E-state index contributed by atoms with van der Waals surface area (Å²) in [5.41, 5.74) is 1.97. The molecule has 3 aromatic rings. The van der Waals surface area contributed by atoms with Gasteiger partial charge in [-0.05, 0) is 53.8 Å². The molecule has 2 aromatic carbocycles. The van der Waals surface area contributed by atoms with Crippen molar-refractivity contribution in [2.75, 3.05) is 6.54 Å². The summed E-state index contributed by atoms with van der Waals surface area (Å²) in [6.07, 6.45) is 4.27. The summed E-state index contributed by atoms with van der Waals surface area (Å²) in [7, 11) is 0. The van der Waals surface area contributed by atoms with E-state index in [0.717, 1.165) is 23.5 Å². The molecule has 3 rings (SSSR count). The maximum Gasteiger partial charge on any atom is 0.123 e. The molecule has 0 aliphatic rings. The number of benzene rings is 2. The van der Waals surface area contributed by atoms with Crippen LogP contribution in [0.3, 0.4) is 0 Å². The average molecular weight is 420 g/mol. The number of aromatic nitrogens is 2. The number of nitrogens with zero attached hydrogens (tertiary/aromatic N) is 2. The van der Waals surface area contributed by atoms with E-state index in [1.54, 1.807) is 24.4 Å². The Morgan fingerprint density at radius 2 is 1.82 bits per heavy atom. The van der Waals surface area contributed by atoms with Gasteiger partial charge >= 0.3 is 0 Å². The second-order valence-electron chi connectivity index (χ2n) is 7.43. The number of aromatic amines is 1. The number of H-pyrrole nitrogens is 1. The van der Waals surface area contributed by atoms with Gasteiger partial charge in [-0.15, -0.1) is 0 Å². The van der Waals surface area contributed by atoms with E-state index in [1.807, 2.05) is 24.4 Å². The van der Waals surface area contributed by atoms with Crippen molar-refractivity contribution in [3.63, 3.8) is 0 Å². The number of rotatable bonds is 8. The van der Waals surface area contributed by atoms with Crippen LogP contribution < -0.4 is 0 Å². The zero-order valence-corrected chi connectivity index (χ0v) is 17.5. The third kappa shape index (κ3) is 5.81. The minimum Gasteiger partial charge on any atom is -0.347 e. The van der Waals surface area contributed by atoms with Crippen LogP contribution in [0.2, 0.25) is 10.0 Å². The zero-order valence-electron chi connectivity index (χ0n) is 16.0. The lowest BCUT2D eigenvalue weighted by molar-refractivity contribution is 0.159. The largest absolute Gasteiger partial charge is 0.347 e. The van der Waals surface area contributed by atoms with Gasteiger partial charge in [0.15, 0.2) is 0 Å². The van der Waals surface area contributed by atoms with Gasteiger partial charge in [-0.25, -0.2) is 9.37 Å². The molecule has 3 nitrogen and oxygen atoms in total. The highest BCUT2D eigenvalue weighted by Crippen LogP contribution is 2.28. The molecule has 6 heteroatoms. The van der Waals surface area contributed by atoms with Crippen LogP contribution in [0.25, 0.3) is 0 Å². The van der Waals surface area contributed by atoms with Gasteiger partial charge in [-0.1, -0.05) is 49.2 Å². The topological polar surface area (TPSA) is 31.9 Å². The maximum atomic E-state index is 13.7. The van der Waals surface area contributed by atoms with Gasteiger partial charge in [-0.2, -0.15) is 0 Å². The smallest absolute Gasteiger partial charge is 0.123 e. The van der Waals surface area contributed by atoms with Crippen LogP contribution in [-0.2, 0) is 13.0 Å². The Kier molecular flexibility index (Phi) is 7.11. The number of hydrogen-bond donors (Lipinski definition) is 1. The summed E-state index contributed by atoms with van der Waals surface area (Å²) in [5.74, 6) is 1.08. The van der Waals surface area contributed by atoms with Gasteiger partial charge < -0.3 is 4.98 Å². The highest BCUT2D eigenvalue weighted by atomic mass is 35.5. The molecular formula is C22H24Cl2FN3. The molecular weight excluding hydrogens is 396 g/mol. The van der Waals surface area contributed by atoms with Crippen LogP contribution >= 0.6 is 23.2 Å². The molecule has 1 aromatic heterocycles. The molecule has 1 N–H and O–H groups in total. The first-order valence-corrected chi connectivity index (χ1v) is 10.1. The number of imidazole rings is 1. The van der Waals surface area contributed by atoms with Crippen LogP contribution in [0.15, 0.2) is 54.9 Å². The monoisotopic (exact) mass is 419 g/mol. The Bertz CT molecular complexity index is 876. The molecule has 0 bridgehead atoms. The average Bonchev–Trinajstić information content (AvgIpc) is 3.12. The Labute approximate surface area is 175 Å². The van der Waals surface area contributed by atoms with Crippen LogP contribution in [-0.4, -0.2) is 21.4 Å². The van der Waals surface area contributed by atoms with Crippen molar-refractivity contribution in [3.05, 3.63) is 87.7 Å². The minimum absolute atomic E-state index is 0.0183. The predicted octanol–water partition coefficient (Wildman–Crippen LogP) is 6.30.